The summed E-state index contributed by atoms with van der Waals surface area (Å²) in [5.41, 5.74) is 0.400. The van der Waals surface area contributed by atoms with Gasteiger partial charge in [-0.3, -0.25) is 4.79 Å². The van der Waals surface area contributed by atoms with Crippen LogP contribution in [0.15, 0.2) is 47.4 Å². The number of nitrogens with one attached hydrogen (secondary N) is 1. The van der Waals surface area contributed by atoms with Gasteiger partial charge in [0.25, 0.3) is 5.91 Å². The molecule has 0 unspecified atom stereocenters. The molecule has 1 aliphatic heterocycles. The molecule has 29 heavy (non-hydrogen) atoms. The standard InChI is InChI=1S/C20H23FN2O5S/c1-27-18-5-3-4-17(19(18)28-2)20(24)23-12-10-15(11-13-23)22-29(25,26)16-8-6-14(21)7-9-16/h3-9,15,22H,10-13H2,1-2H3. The molecule has 1 fully saturated rings. The molecule has 1 saturated heterocycles. The molecule has 0 aromatic heterocycles. The second-order valence-electron chi connectivity index (χ2n) is 6.68. The minimum Gasteiger partial charge on any atom is -0.493 e. The monoisotopic (exact) mass is 422 g/mol. The summed E-state index contributed by atoms with van der Waals surface area (Å²) in [6, 6.07) is 9.48. The molecular formula is C20H23FN2O5S. The molecule has 1 heterocycles. The Morgan fingerprint density at radius 1 is 1.07 bits per heavy atom. The summed E-state index contributed by atoms with van der Waals surface area (Å²) < 4.78 is 51.2. The molecule has 1 amide bonds. The lowest BCUT2D eigenvalue weighted by molar-refractivity contribution is 0.0707. The number of para-hydroxylation sites is 1. The van der Waals surface area contributed by atoms with E-state index in [1.807, 2.05) is 0 Å². The molecule has 2 aromatic rings. The van der Waals surface area contributed by atoms with Crippen molar-refractivity contribution in [1.82, 2.24) is 9.62 Å². The first-order chi connectivity index (χ1) is 13.9. The Morgan fingerprint density at radius 3 is 2.31 bits per heavy atom. The number of carbonyl (C=O) groups is 1. The fraction of sp³-hybridized carbons (Fsp3) is 0.350. The zero-order valence-corrected chi connectivity index (χ0v) is 17.0. The van der Waals surface area contributed by atoms with Crippen LogP contribution in [0.3, 0.4) is 0 Å². The van der Waals surface area contributed by atoms with E-state index in [4.69, 9.17) is 9.47 Å². The Bertz CT molecular complexity index is 971. The molecule has 0 saturated carbocycles. The number of likely N-dealkylation sites (tertiary alicyclic amines) is 1. The number of hydrogen-bond donors (Lipinski definition) is 1. The highest BCUT2D eigenvalue weighted by Crippen LogP contribution is 2.32. The highest BCUT2D eigenvalue weighted by atomic mass is 32.2. The van der Waals surface area contributed by atoms with Gasteiger partial charge in [-0.1, -0.05) is 6.07 Å². The summed E-state index contributed by atoms with van der Waals surface area (Å²) in [4.78, 5) is 14.6. The van der Waals surface area contributed by atoms with Crippen molar-refractivity contribution in [2.24, 2.45) is 0 Å². The number of carbonyl (C=O) groups excluding carboxylic acids is 1. The third-order valence-electron chi connectivity index (χ3n) is 4.86. The predicted octanol–water partition coefficient (Wildman–Crippen LogP) is 2.43. The van der Waals surface area contributed by atoms with Crippen LogP contribution in [-0.4, -0.2) is 52.6 Å². The number of nitrogens with zero attached hydrogens (tertiary/aromatic N) is 1. The van der Waals surface area contributed by atoms with Crippen molar-refractivity contribution in [1.29, 1.82) is 0 Å². The van der Waals surface area contributed by atoms with Gasteiger partial charge in [0, 0.05) is 19.1 Å². The molecule has 0 aliphatic carbocycles. The number of halogens is 1. The zero-order valence-electron chi connectivity index (χ0n) is 16.2. The highest BCUT2D eigenvalue weighted by Gasteiger charge is 2.29. The minimum absolute atomic E-state index is 0.0125. The number of rotatable bonds is 6. The van der Waals surface area contributed by atoms with E-state index in [1.54, 1.807) is 23.1 Å². The fourth-order valence-corrected chi connectivity index (χ4v) is 4.63. The van der Waals surface area contributed by atoms with E-state index in [9.17, 15) is 17.6 Å². The predicted molar refractivity (Wildman–Crippen MR) is 105 cm³/mol. The van der Waals surface area contributed by atoms with Crippen LogP contribution in [0.2, 0.25) is 0 Å². The van der Waals surface area contributed by atoms with Gasteiger partial charge < -0.3 is 14.4 Å². The first kappa shape index (κ1) is 21.1. The molecule has 156 valence electrons. The average molecular weight is 422 g/mol. The van der Waals surface area contributed by atoms with E-state index >= 15 is 0 Å². The van der Waals surface area contributed by atoms with Gasteiger partial charge in [-0.05, 0) is 49.2 Å². The van der Waals surface area contributed by atoms with Crippen LogP contribution in [-0.2, 0) is 10.0 Å². The van der Waals surface area contributed by atoms with Crippen molar-refractivity contribution in [3.05, 3.63) is 53.8 Å². The first-order valence-electron chi connectivity index (χ1n) is 9.14. The van der Waals surface area contributed by atoms with Gasteiger partial charge in [-0.25, -0.2) is 17.5 Å². The van der Waals surface area contributed by atoms with Crippen LogP contribution in [0.1, 0.15) is 23.2 Å². The lowest BCUT2D eigenvalue weighted by Gasteiger charge is -2.32. The van der Waals surface area contributed by atoms with Gasteiger partial charge in [0.15, 0.2) is 11.5 Å². The highest BCUT2D eigenvalue weighted by molar-refractivity contribution is 7.89. The fourth-order valence-electron chi connectivity index (χ4n) is 3.33. The molecule has 3 rings (SSSR count). The number of ether oxygens (including phenoxy) is 2. The van der Waals surface area contributed by atoms with E-state index in [0.29, 0.717) is 43.0 Å². The quantitative estimate of drug-likeness (QED) is 0.773. The van der Waals surface area contributed by atoms with E-state index in [0.717, 1.165) is 12.1 Å². The second-order valence-corrected chi connectivity index (χ2v) is 8.40. The van der Waals surface area contributed by atoms with Crippen molar-refractivity contribution in [2.75, 3.05) is 27.3 Å². The van der Waals surface area contributed by atoms with Crippen LogP contribution < -0.4 is 14.2 Å². The van der Waals surface area contributed by atoms with E-state index in [-0.39, 0.29) is 16.8 Å². The summed E-state index contributed by atoms with van der Waals surface area (Å²) in [6.45, 7) is 0.797. The van der Waals surface area contributed by atoms with Crippen LogP contribution >= 0.6 is 0 Å². The SMILES string of the molecule is COc1cccc(C(=O)N2CCC(NS(=O)(=O)c3ccc(F)cc3)CC2)c1OC. The normalized spacial score (nSPS) is 15.2. The lowest BCUT2D eigenvalue weighted by Crippen LogP contribution is -2.46. The maximum Gasteiger partial charge on any atom is 0.257 e. The van der Waals surface area contributed by atoms with Crippen LogP contribution in [0.4, 0.5) is 4.39 Å². The molecule has 0 spiro atoms. The maximum absolute atomic E-state index is 13.0. The van der Waals surface area contributed by atoms with Gasteiger partial charge in [-0.15, -0.1) is 0 Å². The van der Waals surface area contributed by atoms with Gasteiger partial charge in [0.05, 0.1) is 24.7 Å². The molecule has 9 heteroatoms. The van der Waals surface area contributed by atoms with Gasteiger partial charge in [0.2, 0.25) is 10.0 Å². The molecule has 7 nitrogen and oxygen atoms in total. The Kier molecular flexibility index (Phi) is 6.39. The van der Waals surface area contributed by atoms with Crippen molar-refractivity contribution in [3.8, 4) is 11.5 Å². The number of methoxy groups -OCH3 is 2. The first-order valence-corrected chi connectivity index (χ1v) is 10.6. The van der Waals surface area contributed by atoms with Gasteiger partial charge in [-0.2, -0.15) is 0 Å². The Labute approximate surface area is 169 Å². The molecule has 2 aromatic carbocycles. The Hall–Kier alpha value is -2.65. The van der Waals surface area contributed by atoms with E-state index < -0.39 is 15.8 Å². The largest absolute Gasteiger partial charge is 0.493 e. The maximum atomic E-state index is 13.0. The van der Waals surface area contributed by atoms with Gasteiger partial charge >= 0.3 is 0 Å². The Balaban J connectivity index is 1.65. The van der Waals surface area contributed by atoms with Crippen molar-refractivity contribution in [2.45, 2.75) is 23.8 Å². The van der Waals surface area contributed by atoms with Crippen molar-refractivity contribution >= 4 is 15.9 Å². The van der Waals surface area contributed by atoms with Gasteiger partial charge in [0.1, 0.15) is 5.82 Å². The third-order valence-corrected chi connectivity index (χ3v) is 6.40. The molecule has 1 aliphatic rings. The van der Waals surface area contributed by atoms with E-state index in [2.05, 4.69) is 4.72 Å². The number of amides is 1. The third kappa shape index (κ3) is 4.68. The number of benzene rings is 2. The summed E-state index contributed by atoms with van der Waals surface area (Å²) >= 11 is 0. The smallest absolute Gasteiger partial charge is 0.257 e. The Morgan fingerprint density at radius 2 is 1.72 bits per heavy atom. The summed E-state index contributed by atoms with van der Waals surface area (Å²) in [5.74, 6) is 0.156. The van der Waals surface area contributed by atoms with E-state index in [1.165, 1.54) is 26.4 Å². The molecule has 0 radical (unpaired) electrons. The molecular weight excluding hydrogens is 399 g/mol. The van der Waals surface area contributed by atoms with Crippen LogP contribution in [0.5, 0.6) is 11.5 Å². The number of hydrogen-bond acceptors (Lipinski definition) is 5. The number of piperidine rings is 1. The summed E-state index contributed by atoms with van der Waals surface area (Å²) in [6.07, 6.45) is 0.941. The minimum atomic E-state index is -3.74. The molecule has 1 N–H and O–H groups in total. The summed E-state index contributed by atoms with van der Waals surface area (Å²) in [7, 11) is -0.761. The zero-order chi connectivity index (χ0) is 21.0. The average Bonchev–Trinajstić information content (AvgIpc) is 2.73. The van der Waals surface area contributed by atoms with Crippen LogP contribution in [0, 0.1) is 5.82 Å². The lowest BCUT2D eigenvalue weighted by atomic mass is 10.0. The molecule has 0 bridgehead atoms. The number of sulfonamides is 1. The topological polar surface area (TPSA) is 84.9 Å². The van der Waals surface area contributed by atoms with Crippen molar-refractivity contribution in [3.63, 3.8) is 0 Å². The van der Waals surface area contributed by atoms with Crippen molar-refractivity contribution < 1.29 is 27.1 Å². The molecule has 0 atom stereocenters. The summed E-state index contributed by atoms with van der Waals surface area (Å²) in [5, 5.41) is 0. The van der Waals surface area contributed by atoms with Crippen LogP contribution in [0.25, 0.3) is 0 Å². The second kappa shape index (κ2) is 8.79.